The van der Waals surface area contributed by atoms with Gasteiger partial charge in [-0.1, -0.05) is 59.1 Å². The van der Waals surface area contributed by atoms with Crippen molar-refractivity contribution in [2.24, 2.45) is 5.10 Å². The quantitative estimate of drug-likeness (QED) is 0.344. The number of para-hydroxylation sites is 1. The number of carbonyl (C=O) groups is 1. The van der Waals surface area contributed by atoms with E-state index in [0.29, 0.717) is 21.3 Å². The topological polar surface area (TPSA) is 87.6 Å². The first-order chi connectivity index (χ1) is 14.7. The fraction of sp³-hybridized carbons (Fsp3) is 0.0476. The molecule has 0 radical (unpaired) electrons. The molecule has 0 aliphatic rings. The van der Waals surface area contributed by atoms with E-state index in [-0.39, 0.29) is 21.2 Å². The van der Waals surface area contributed by atoms with Crippen LogP contribution in [0.25, 0.3) is 0 Å². The molecule has 0 saturated heterocycles. The Bertz CT molecular complexity index is 1280. The molecule has 31 heavy (non-hydrogen) atoms. The molecule has 0 aromatic heterocycles. The van der Waals surface area contributed by atoms with Crippen LogP contribution in [-0.2, 0) is 10.0 Å². The fourth-order valence-electron chi connectivity index (χ4n) is 2.59. The van der Waals surface area contributed by atoms with Crippen LogP contribution in [0.1, 0.15) is 22.8 Å². The zero-order valence-electron chi connectivity index (χ0n) is 16.1. The number of hydrazone groups is 1. The number of sulfonamides is 1. The summed E-state index contributed by atoms with van der Waals surface area (Å²) < 4.78 is 27.8. The zero-order valence-corrected chi connectivity index (χ0v) is 19.1. The van der Waals surface area contributed by atoms with Crippen molar-refractivity contribution in [3.63, 3.8) is 0 Å². The van der Waals surface area contributed by atoms with Gasteiger partial charge in [0.05, 0.1) is 26.3 Å². The predicted octanol–water partition coefficient (Wildman–Crippen LogP) is 5.60. The van der Waals surface area contributed by atoms with Gasteiger partial charge in [-0.2, -0.15) is 5.10 Å². The number of halogens is 3. The monoisotopic (exact) mass is 495 g/mol. The number of hydrogen-bond acceptors (Lipinski definition) is 4. The van der Waals surface area contributed by atoms with Crippen molar-refractivity contribution in [2.45, 2.75) is 11.8 Å². The van der Waals surface area contributed by atoms with Gasteiger partial charge in [-0.05, 0) is 49.4 Å². The van der Waals surface area contributed by atoms with E-state index >= 15 is 0 Å². The van der Waals surface area contributed by atoms with Gasteiger partial charge in [-0.25, -0.2) is 13.8 Å². The fourth-order valence-corrected chi connectivity index (χ4v) is 4.50. The van der Waals surface area contributed by atoms with Gasteiger partial charge in [0.1, 0.15) is 0 Å². The molecule has 0 heterocycles. The lowest BCUT2D eigenvalue weighted by molar-refractivity contribution is 0.0954. The van der Waals surface area contributed by atoms with Crippen LogP contribution in [0.3, 0.4) is 0 Å². The first-order valence-corrected chi connectivity index (χ1v) is 11.5. The van der Waals surface area contributed by atoms with Gasteiger partial charge in [0, 0.05) is 16.1 Å². The van der Waals surface area contributed by atoms with Crippen LogP contribution in [0.4, 0.5) is 5.69 Å². The molecule has 0 unspecified atom stereocenters. The van der Waals surface area contributed by atoms with Crippen LogP contribution in [-0.4, -0.2) is 20.0 Å². The zero-order chi connectivity index (χ0) is 22.6. The molecule has 6 nitrogen and oxygen atoms in total. The maximum atomic E-state index is 12.7. The average Bonchev–Trinajstić information content (AvgIpc) is 2.73. The summed E-state index contributed by atoms with van der Waals surface area (Å²) in [4.78, 5) is 12.4. The molecule has 2 N–H and O–H groups in total. The minimum atomic E-state index is -3.96. The van der Waals surface area contributed by atoms with Gasteiger partial charge in [0.2, 0.25) is 0 Å². The third-order valence-corrected chi connectivity index (χ3v) is 6.41. The average molecular weight is 497 g/mol. The van der Waals surface area contributed by atoms with E-state index in [9.17, 15) is 13.2 Å². The Kier molecular flexibility index (Phi) is 7.23. The summed E-state index contributed by atoms with van der Waals surface area (Å²) in [5.74, 6) is -0.584. The molecule has 0 fully saturated rings. The summed E-state index contributed by atoms with van der Waals surface area (Å²) in [6.45, 7) is 1.67. The minimum Gasteiger partial charge on any atom is -0.278 e. The molecule has 1 amide bonds. The van der Waals surface area contributed by atoms with Gasteiger partial charge in [-0.15, -0.1) is 0 Å². The molecule has 0 saturated carbocycles. The van der Waals surface area contributed by atoms with E-state index in [1.54, 1.807) is 43.3 Å². The van der Waals surface area contributed by atoms with Gasteiger partial charge < -0.3 is 0 Å². The molecule has 0 aliphatic carbocycles. The standard InChI is InChI=1S/C21H16Cl3N3O3S/c1-13(17-10-9-15(22)12-19(17)24)25-26-21(28)14-5-4-6-16(11-14)31(29,30)27-20-8-3-2-7-18(20)23/h2-12,27H,1H3,(H,26,28)/b25-13-. The SMILES string of the molecule is C/C(=N/NC(=O)c1cccc(S(=O)(=O)Nc2ccccc2Cl)c1)c1ccc(Cl)cc1Cl. The molecule has 3 aromatic carbocycles. The Labute approximate surface area is 194 Å². The van der Waals surface area contributed by atoms with Gasteiger partial charge in [0.25, 0.3) is 15.9 Å². The maximum Gasteiger partial charge on any atom is 0.271 e. The number of anilines is 1. The first-order valence-electron chi connectivity index (χ1n) is 8.85. The maximum absolute atomic E-state index is 12.7. The van der Waals surface area contributed by atoms with E-state index in [4.69, 9.17) is 34.8 Å². The van der Waals surface area contributed by atoms with Crippen LogP contribution in [0.5, 0.6) is 0 Å². The molecule has 0 bridgehead atoms. The lowest BCUT2D eigenvalue weighted by Gasteiger charge is -2.10. The third-order valence-electron chi connectivity index (χ3n) is 4.17. The number of hydrogen-bond donors (Lipinski definition) is 2. The van der Waals surface area contributed by atoms with Crippen molar-refractivity contribution in [2.75, 3.05) is 4.72 Å². The number of rotatable bonds is 6. The van der Waals surface area contributed by atoms with Crippen LogP contribution in [0, 0.1) is 0 Å². The lowest BCUT2D eigenvalue weighted by atomic mass is 10.1. The Balaban J connectivity index is 1.79. The summed E-state index contributed by atoms with van der Waals surface area (Å²) in [6, 6.07) is 16.9. The number of amides is 1. The van der Waals surface area contributed by atoms with Crippen molar-refractivity contribution in [1.82, 2.24) is 5.43 Å². The van der Waals surface area contributed by atoms with Crippen LogP contribution >= 0.6 is 34.8 Å². The highest BCUT2D eigenvalue weighted by atomic mass is 35.5. The van der Waals surface area contributed by atoms with Gasteiger partial charge in [0.15, 0.2) is 0 Å². The summed E-state index contributed by atoms with van der Waals surface area (Å²) in [5.41, 5.74) is 3.81. The second-order valence-corrected chi connectivity index (χ2v) is 9.31. The highest BCUT2D eigenvalue weighted by Gasteiger charge is 2.18. The smallest absolute Gasteiger partial charge is 0.271 e. The Morgan fingerprint density at radius 1 is 0.903 bits per heavy atom. The van der Waals surface area contributed by atoms with E-state index in [2.05, 4.69) is 15.2 Å². The highest BCUT2D eigenvalue weighted by molar-refractivity contribution is 7.92. The van der Waals surface area contributed by atoms with Crippen molar-refractivity contribution in [3.8, 4) is 0 Å². The van der Waals surface area contributed by atoms with E-state index in [0.717, 1.165) is 0 Å². The number of nitrogens with one attached hydrogen (secondary N) is 2. The van der Waals surface area contributed by atoms with Crippen molar-refractivity contribution < 1.29 is 13.2 Å². The minimum absolute atomic E-state index is 0.0958. The van der Waals surface area contributed by atoms with Crippen LogP contribution in [0.15, 0.2) is 76.7 Å². The second kappa shape index (κ2) is 9.70. The number of benzene rings is 3. The van der Waals surface area contributed by atoms with E-state index < -0.39 is 15.9 Å². The number of carbonyl (C=O) groups excluding carboxylic acids is 1. The van der Waals surface area contributed by atoms with E-state index in [1.165, 1.54) is 30.3 Å². The lowest BCUT2D eigenvalue weighted by Crippen LogP contribution is -2.20. The second-order valence-electron chi connectivity index (χ2n) is 6.38. The third kappa shape index (κ3) is 5.77. The molecule has 3 aromatic rings. The Morgan fingerprint density at radius 2 is 1.65 bits per heavy atom. The highest BCUT2D eigenvalue weighted by Crippen LogP contribution is 2.24. The van der Waals surface area contributed by atoms with Gasteiger partial charge in [-0.3, -0.25) is 9.52 Å². The summed E-state index contributed by atoms with van der Waals surface area (Å²) in [6.07, 6.45) is 0. The van der Waals surface area contributed by atoms with Crippen LogP contribution in [0.2, 0.25) is 15.1 Å². The van der Waals surface area contributed by atoms with Crippen molar-refractivity contribution in [1.29, 1.82) is 0 Å². The molecular weight excluding hydrogens is 481 g/mol. The molecule has 3 rings (SSSR count). The normalized spacial score (nSPS) is 11.8. The first kappa shape index (κ1) is 23.1. The molecular formula is C21H16Cl3N3O3S. The predicted molar refractivity (Wildman–Crippen MR) is 125 cm³/mol. The van der Waals surface area contributed by atoms with Crippen molar-refractivity contribution in [3.05, 3.63) is 92.9 Å². The van der Waals surface area contributed by atoms with Crippen molar-refractivity contribution >= 4 is 62.1 Å². The summed E-state index contributed by atoms with van der Waals surface area (Å²) in [7, 11) is -3.96. The molecule has 0 aliphatic heterocycles. The van der Waals surface area contributed by atoms with Gasteiger partial charge >= 0.3 is 0 Å². The van der Waals surface area contributed by atoms with E-state index in [1.807, 2.05) is 0 Å². The molecule has 0 atom stereocenters. The largest absolute Gasteiger partial charge is 0.278 e. The molecule has 10 heteroatoms. The molecule has 0 spiro atoms. The summed E-state index contributed by atoms with van der Waals surface area (Å²) in [5, 5.41) is 5.17. The Morgan fingerprint density at radius 3 is 2.35 bits per heavy atom. The number of nitrogens with zero attached hydrogens (tertiary/aromatic N) is 1. The summed E-state index contributed by atoms with van der Waals surface area (Å²) >= 11 is 18.0. The molecule has 160 valence electrons. The Hall–Kier alpha value is -2.58. The van der Waals surface area contributed by atoms with Crippen LogP contribution < -0.4 is 10.1 Å².